The zero-order valence-corrected chi connectivity index (χ0v) is 20.5. The SMILES string of the molecule is COc1ccc(C(=O)NCC(=O)N/N=C\c2ccccc2OCc2ccc(Cl)cc2Cl)cc1OC. The van der Waals surface area contributed by atoms with E-state index in [1.165, 1.54) is 26.5 Å². The molecule has 0 aliphatic heterocycles. The van der Waals surface area contributed by atoms with E-state index in [9.17, 15) is 9.59 Å². The van der Waals surface area contributed by atoms with Crippen LogP contribution in [0, 0.1) is 0 Å². The molecule has 0 saturated heterocycles. The molecule has 3 aromatic rings. The van der Waals surface area contributed by atoms with E-state index in [1.54, 1.807) is 42.5 Å². The van der Waals surface area contributed by atoms with Gasteiger partial charge in [0, 0.05) is 26.7 Å². The number of hydrazone groups is 1. The number of carbonyl (C=O) groups is 2. The standard InChI is InChI=1S/C25H23Cl2N3O5/c1-33-22-10-8-16(11-23(22)34-2)25(32)28-14-24(31)30-29-13-17-5-3-4-6-21(17)35-15-18-7-9-19(26)12-20(18)27/h3-13H,14-15H2,1-2H3,(H,28,32)(H,30,31)/b29-13-. The Morgan fingerprint density at radius 3 is 2.46 bits per heavy atom. The van der Waals surface area contributed by atoms with Crippen LogP contribution in [0.3, 0.4) is 0 Å². The Labute approximate surface area is 212 Å². The highest BCUT2D eigenvalue weighted by Gasteiger charge is 2.12. The highest BCUT2D eigenvalue weighted by atomic mass is 35.5. The minimum atomic E-state index is -0.499. The summed E-state index contributed by atoms with van der Waals surface area (Å²) in [5.41, 5.74) is 4.12. The molecule has 182 valence electrons. The summed E-state index contributed by atoms with van der Waals surface area (Å²) in [6, 6.07) is 17.1. The van der Waals surface area contributed by atoms with Gasteiger partial charge in [0.15, 0.2) is 11.5 Å². The van der Waals surface area contributed by atoms with E-state index in [1.807, 2.05) is 12.1 Å². The molecule has 0 aliphatic rings. The molecule has 2 amide bonds. The molecule has 2 N–H and O–H groups in total. The van der Waals surface area contributed by atoms with Gasteiger partial charge in [0.25, 0.3) is 11.8 Å². The molecule has 0 aromatic heterocycles. The van der Waals surface area contributed by atoms with E-state index in [0.717, 1.165) is 5.56 Å². The second-order valence-corrected chi connectivity index (χ2v) is 7.95. The molecule has 0 aliphatic carbocycles. The Morgan fingerprint density at radius 2 is 1.71 bits per heavy atom. The maximum atomic E-state index is 12.3. The lowest BCUT2D eigenvalue weighted by molar-refractivity contribution is -0.120. The zero-order valence-electron chi connectivity index (χ0n) is 19.0. The number of halogens is 2. The highest BCUT2D eigenvalue weighted by Crippen LogP contribution is 2.27. The van der Waals surface area contributed by atoms with Gasteiger partial charge in [-0.05, 0) is 42.5 Å². The molecule has 3 aromatic carbocycles. The van der Waals surface area contributed by atoms with Gasteiger partial charge in [-0.1, -0.05) is 41.4 Å². The van der Waals surface area contributed by atoms with Gasteiger partial charge in [-0.25, -0.2) is 5.43 Å². The van der Waals surface area contributed by atoms with E-state index >= 15 is 0 Å². The van der Waals surface area contributed by atoms with Crippen molar-refractivity contribution in [1.82, 2.24) is 10.7 Å². The van der Waals surface area contributed by atoms with Crippen LogP contribution in [0.2, 0.25) is 10.0 Å². The van der Waals surface area contributed by atoms with Crippen LogP contribution in [0.5, 0.6) is 17.2 Å². The number of carbonyl (C=O) groups excluding carboxylic acids is 2. The number of ether oxygens (including phenoxy) is 3. The maximum absolute atomic E-state index is 12.3. The normalized spacial score (nSPS) is 10.6. The van der Waals surface area contributed by atoms with E-state index in [4.69, 9.17) is 37.4 Å². The van der Waals surface area contributed by atoms with Crippen LogP contribution in [0.1, 0.15) is 21.5 Å². The van der Waals surface area contributed by atoms with Gasteiger partial charge < -0.3 is 19.5 Å². The summed E-state index contributed by atoms with van der Waals surface area (Å²) in [4.78, 5) is 24.4. The topological polar surface area (TPSA) is 98.2 Å². The molecule has 0 unspecified atom stereocenters. The van der Waals surface area contributed by atoms with Crippen LogP contribution in [0.4, 0.5) is 0 Å². The summed E-state index contributed by atoms with van der Waals surface area (Å²) >= 11 is 12.1. The number of para-hydroxylation sites is 1. The average Bonchev–Trinajstić information content (AvgIpc) is 2.87. The third kappa shape index (κ3) is 7.37. The van der Waals surface area contributed by atoms with Crippen molar-refractivity contribution in [2.45, 2.75) is 6.61 Å². The van der Waals surface area contributed by atoms with Gasteiger partial charge >= 0.3 is 0 Å². The highest BCUT2D eigenvalue weighted by molar-refractivity contribution is 6.35. The van der Waals surface area contributed by atoms with Crippen molar-refractivity contribution in [1.29, 1.82) is 0 Å². The molecule has 0 fully saturated rings. The number of rotatable bonds is 10. The van der Waals surface area contributed by atoms with E-state index < -0.39 is 11.8 Å². The Balaban J connectivity index is 1.53. The predicted molar refractivity (Wildman–Crippen MR) is 135 cm³/mol. The largest absolute Gasteiger partial charge is 0.493 e. The third-order valence-electron chi connectivity index (χ3n) is 4.77. The maximum Gasteiger partial charge on any atom is 0.259 e. The lowest BCUT2D eigenvalue weighted by Crippen LogP contribution is -2.34. The summed E-state index contributed by atoms with van der Waals surface area (Å²) < 4.78 is 16.2. The number of nitrogens with zero attached hydrogens (tertiary/aromatic N) is 1. The summed E-state index contributed by atoms with van der Waals surface area (Å²) in [5, 5.41) is 7.53. The molecule has 0 saturated carbocycles. The second-order valence-electron chi connectivity index (χ2n) is 7.11. The first-order valence-electron chi connectivity index (χ1n) is 10.4. The molecule has 0 atom stereocenters. The number of amides is 2. The van der Waals surface area contributed by atoms with Gasteiger partial charge in [-0.3, -0.25) is 9.59 Å². The fourth-order valence-electron chi connectivity index (χ4n) is 2.97. The van der Waals surface area contributed by atoms with Crippen LogP contribution in [-0.2, 0) is 11.4 Å². The quantitative estimate of drug-likeness (QED) is 0.306. The lowest BCUT2D eigenvalue weighted by atomic mass is 10.2. The first-order chi connectivity index (χ1) is 16.9. The fourth-order valence-corrected chi connectivity index (χ4v) is 3.43. The minimum absolute atomic E-state index is 0.232. The number of benzene rings is 3. The van der Waals surface area contributed by atoms with Crippen LogP contribution >= 0.6 is 23.2 Å². The van der Waals surface area contributed by atoms with Gasteiger partial charge in [-0.2, -0.15) is 5.10 Å². The Hall–Kier alpha value is -3.75. The first kappa shape index (κ1) is 25.9. The lowest BCUT2D eigenvalue weighted by Gasteiger charge is -2.10. The van der Waals surface area contributed by atoms with Gasteiger partial charge in [0.2, 0.25) is 0 Å². The molecule has 0 radical (unpaired) electrons. The van der Waals surface area contributed by atoms with Crippen LogP contribution in [-0.4, -0.2) is 38.8 Å². The molecular weight excluding hydrogens is 493 g/mol. The Bertz CT molecular complexity index is 1230. The number of nitrogens with one attached hydrogen (secondary N) is 2. The minimum Gasteiger partial charge on any atom is -0.493 e. The summed E-state index contributed by atoms with van der Waals surface area (Å²) in [5.74, 6) is 0.523. The van der Waals surface area contributed by atoms with Crippen molar-refractivity contribution < 1.29 is 23.8 Å². The molecule has 35 heavy (non-hydrogen) atoms. The van der Waals surface area contributed by atoms with E-state index in [0.29, 0.717) is 38.4 Å². The fraction of sp³-hybridized carbons (Fsp3) is 0.160. The number of hydrogen-bond donors (Lipinski definition) is 2. The Morgan fingerprint density at radius 1 is 0.943 bits per heavy atom. The smallest absolute Gasteiger partial charge is 0.259 e. The first-order valence-corrected chi connectivity index (χ1v) is 11.1. The van der Waals surface area contributed by atoms with Crippen molar-refractivity contribution in [3.8, 4) is 17.2 Å². The number of hydrogen-bond acceptors (Lipinski definition) is 6. The molecule has 8 nitrogen and oxygen atoms in total. The van der Waals surface area contributed by atoms with Crippen molar-refractivity contribution in [3.63, 3.8) is 0 Å². The van der Waals surface area contributed by atoms with E-state index in [-0.39, 0.29) is 13.2 Å². The van der Waals surface area contributed by atoms with Crippen molar-refractivity contribution in [2.75, 3.05) is 20.8 Å². The van der Waals surface area contributed by atoms with Gasteiger partial charge in [0.1, 0.15) is 12.4 Å². The zero-order chi connectivity index (χ0) is 25.2. The molecule has 0 heterocycles. The molecular formula is C25H23Cl2N3O5. The predicted octanol–water partition coefficient (Wildman–Crippen LogP) is 4.47. The summed E-state index contributed by atoms with van der Waals surface area (Å²) in [6.07, 6.45) is 1.45. The van der Waals surface area contributed by atoms with Crippen LogP contribution in [0.15, 0.2) is 65.8 Å². The van der Waals surface area contributed by atoms with Crippen LogP contribution < -0.4 is 25.0 Å². The molecule has 3 rings (SSSR count). The average molecular weight is 516 g/mol. The third-order valence-corrected chi connectivity index (χ3v) is 5.35. The van der Waals surface area contributed by atoms with Gasteiger partial charge in [-0.15, -0.1) is 0 Å². The summed E-state index contributed by atoms with van der Waals surface area (Å²) in [7, 11) is 2.98. The Kier molecular flexibility index (Phi) is 9.34. The second kappa shape index (κ2) is 12.6. The summed E-state index contributed by atoms with van der Waals surface area (Å²) in [6.45, 7) is -0.0346. The van der Waals surface area contributed by atoms with Crippen molar-refractivity contribution in [2.24, 2.45) is 5.10 Å². The van der Waals surface area contributed by atoms with E-state index in [2.05, 4.69) is 15.8 Å². The molecule has 0 spiro atoms. The molecule has 0 bridgehead atoms. The number of methoxy groups -OCH3 is 2. The van der Waals surface area contributed by atoms with Crippen molar-refractivity contribution in [3.05, 3.63) is 87.4 Å². The molecule has 10 heteroatoms. The van der Waals surface area contributed by atoms with Crippen LogP contribution in [0.25, 0.3) is 0 Å². The van der Waals surface area contributed by atoms with Crippen molar-refractivity contribution >= 4 is 41.2 Å². The van der Waals surface area contributed by atoms with Gasteiger partial charge in [0.05, 0.1) is 27.0 Å². The monoisotopic (exact) mass is 515 g/mol.